The Hall–Kier alpha value is -6.22. The summed E-state index contributed by atoms with van der Waals surface area (Å²) in [6, 6.07) is 51.3. The molecule has 6 aromatic carbocycles. The lowest BCUT2D eigenvalue weighted by Gasteiger charge is -2.45. The minimum absolute atomic E-state index is 0.0304. The quantitative estimate of drug-likeness (QED) is 0.113. The van der Waals surface area contributed by atoms with Gasteiger partial charge in [0.15, 0.2) is 0 Å². The minimum atomic E-state index is -0.366. The molecule has 2 fully saturated rings. The average Bonchev–Trinajstić information content (AvgIpc) is 3.32. The van der Waals surface area contributed by atoms with Crippen LogP contribution in [-0.2, 0) is 37.1 Å². The molecule has 2 saturated heterocycles. The second-order valence-corrected chi connectivity index (χ2v) is 18.8. The van der Waals surface area contributed by atoms with E-state index in [1.54, 1.807) is 12.1 Å². The standard InChI is InChI=1S/C29H34N2O2.C28H32N2O2/c1-21-7-9-24(10-8-21)20-33-27-13-11-23(12-14-27)19-31-16-15-29(3,22(2)18-31)26-6-4-5-25(17-26)28(30)32;1-21-18-30(15-14-28(21,2)25-12-7-11-24(17-25)27(29)31)19-23-10-6-13-26(16-23)32-20-22-8-4-3-5-9-22/h4-14,17,22H,15-16,18-20H2,1-3H3,(H2,30,32);3-13,16-17,21H,14-15,18-20H2,1-2H3,(H2,29,31)/t22-,29+;21-,28+/m00/s1. The summed E-state index contributed by atoms with van der Waals surface area (Å²) in [4.78, 5) is 28.3. The zero-order valence-corrected chi connectivity index (χ0v) is 38.8. The van der Waals surface area contributed by atoms with Gasteiger partial charge in [0.2, 0.25) is 11.8 Å². The molecule has 2 amide bonds. The van der Waals surface area contributed by atoms with Crippen molar-refractivity contribution in [2.45, 2.75) is 84.6 Å². The van der Waals surface area contributed by atoms with Gasteiger partial charge in [-0.25, -0.2) is 0 Å². The second kappa shape index (κ2) is 21.2. The molecular weight excluding hydrogens is 805 g/mol. The molecule has 6 aromatic rings. The third kappa shape index (κ3) is 12.1. The second-order valence-electron chi connectivity index (χ2n) is 18.8. The lowest BCUT2D eigenvalue weighted by Crippen LogP contribution is -2.47. The molecule has 4 atom stereocenters. The number of carbonyl (C=O) groups is 2. The van der Waals surface area contributed by atoms with E-state index in [9.17, 15) is 9.59 Å². The van der Waals surface area contributed by atoms with Gasteiger partial charge in [-0.2, -0.15) is 0 Å². The van der Waals surface area contributed by atoms with Crippen LogP contribution < -0.4 is 20.9 Å². The van der Waals surface area contributed by atoms with Crippen LogP contribution in [0.15, 0.2) is 152 Å². The fourth-order valence-corrected chi connectivity index (χ4v) is 9.37. The first-order valence-electron chi connectivity index (χ1n) is 23.1. The maximum absolute atomic E-state index is 11.6. The van der Waals surface area contributed by atoms with E-state index in [1.807, 2.05) is 48.5 Å². The van der Waals surface area contributed by atoms with Gasteiger partial charge < -0.3 is 20.9 Å². The molecular formula is C57H66N4O4. The van der Waals surface area contributed by atoms with Crippen LogP contribution in [0, 0.1) is 18.8 Å². The van der Waals surface area contributed by atoms with E-state index >= 15 is 0 Å². The molecule has 2 heterocycles. The highest BCUT2D eigenvalue weighted by Crippen LogP contribution is 2.41. The summed E-state index contributed by atoms with van der Waals surface area (Å²) < 4.78 is 12.0. The molecule has 8 rings (SSSR count). The van der Waals surface area contributed by atoms with E-state index < -0.39 is 0 Å². The zero-order valence-electron chi connectivity index (χ0n) is 38.8. The summed E-state index contributed by atoms with van der Waals surface area (Å²) in [6.45, 7) is 18.4. The van der Waals surface area contributed by atoms with Crippen molar-refractivity contribution in [3.63, 3.8) is 0 Å². The molecule has 2 aliphatic rings. The zero-order chi connectivity index (χ0) is 46.0. The fraction of sp³-hybridized carbons (Fsp3) is 0.333. The molecule has 8 nitrogen and oxygen atoms in total. The highest BCUT2D eigenvalue weighted by atomic mass is 16.5. The van der Waals surface area contributed by atoms with E-state index in [0.717, 1.165) is 63.6 Å². The van der Waals surface area contributed by atoms with E-state index in [4.69, 9.17) is 20.9 Å². The molecule has 0 radical (unpaired) electrons. The van der Waals surface area contributed by atoms with Crippen molar-refractivity contribution in [3.05, 3.63) is 202 Å². The van der Waals surface area contributed by atoms with Crippen molar-refractivity contribution in [2.24, 2.45) is 23.3 Å². The lowest BCUT2D eigenvalue weighted by molar-refractivity contribution is 0.0987. The predicted molar refractivity (Wildman–Crippen MR) is 262 cm³/mol. The third-order valence-electron chi connectivity index (χ3n) is 14.2. The Balaban J connectivity index is 0.000000194. The number of aryl methyl sites for hydroxylation is 1. The van der Waals surface area contributed by atoms with Crippen LogP contribution in [-0.4, -0.2) is 47.8 Å². The number of amides is 2. The van der Waals surface area contributed by atoms with Gasteiger partial charge in [0.05, 0.1) is 0 Å². The van der Waals surface area contributed by atoms with Crippen molar-refractivity contribution < 1.29 is 19.1 Å². The van der Waals surface area contributed by atoms with Gasteiger partial charge in [-0.05, 0) is 137 Å². The molecule has 0 bridgehead atoms. The topological polar surface area (TPSA) is 111 Å². The maximum Gasteiger partial charge on any atom is 0.248 e. The van der Waals surface area contributed by atoms with Crippen LogP contribution in [0.4, 0.5) is 0 Å². The van der Waals surface area contributed by atoms with Crippen molar-refractivity contribution in [3.8, 4) is 11.5 Å². The first-order valence-corrected chi connectivity index (χ1v) is 23.1. The summed E-state index contributed by atoms with van der Waals surface area (Å²) in [5.74, 6) is 1.99. The number of hydrogen-bond donors (Lipinski definition) is 2. The molecule has 338 valence electrons. The number of nitrogens with zero attached hydrogens (tertiary/aromatic N) is 2. The number of likely N-dealkylation sites (tertiary alicyclic amines) is 2. The Bertz CT molecular complexity index is 2510. The van der Waals surface area contributed by atoms with E-state index in [0.29, 0.717) is 36.2 Å². The molecule has 0 unspecified atom stereocenters. The van der Waals surface area contributed by atoms with Crippen molar-refractivity contribution in [1.82, 2.24) is 9.80 Å². The fourth-order valence-electron chi connectivity index (χ4n) is 9.37. The van der Waals surface area contributed by atoms with Gasteiger partial charge in [0, 0.05) is 37.3 Å². The summed E-state index contributed by atoms with van der Waals surface area (Å²) in [7, 11) is 0. The highest BCUT2D eigenvalue weighted by molar-refractivity contribution is 5.93. The van der Waals surface area contributed by atoms with Gasteiger partial charge in [0.1, 0.15) is 24.7 Å². The molecule has 0 spiro atoms. The normalized spacial score (nSPS) is 21.1. The molecule has 65 heavy (non-hydrogen) atoms. The Morgan fingerprint density at radius 3 is 1.52 bits per heavy atom. The van der Waals surface area contributed by atoms with E-state index in [-0.39, 0.29) is 22.6 Å². The number of nitrogens with two attached hydrogens (primary N) is 2. The average molecular weight is 871 g/mol. The minimum Gasteiger partial charge on any atom is -0.489 e. The Kier molecular flexibility index (Phi) is 15.2. The summed E-state index contributed by atoms with van der Waals surface area (Å²) in [6.07, 6.45) is 2.09. The van der Waals surface area contributed by atoms with Crippen molar-refractivity contribution in [1.29, 1.82) is 0 Å². The van der Waals surface area contributed by atoms with Crippen molar-refractivity contribution >= 4 is 11.8 Å². The Morgan fingerprint density at radius 1 is 0.538 bits per heavy atom. The molecule has 0 saturated carbocycles. The van der Waals surface area contributed by atoms with Crippen LogP contribution in [0.1, 0.15) is 100 Å². The van der Waals surface area contributed by atoms with Crippen LogP contribution >= 0.6 is 0 Å². The SMILES string of the molecule is C[C@H]1CN(Cc2cccc(OCc3ccccc3)c2)CC[C@@]1(C)c1cccc(C(N)=O)c1.Cc1ccc(COc2ccc(CN3CC[C@@](C)(c4cccc(C(N)=O)c4)[C@@H](C)C3)cc2)cc1. The van der Waals surface area contributed by atoms with Crippen LogP contribution in [0.5, 0.6) is 11.5 Å². The first kappa shape index (κ1) is 46.8. The number of hydrogen-bond acceptors (Lipinski definition) is 6. The summed E-state index contributed by atoms with van der Waals surface area (Å²) in [5.41, 5.74) is 20.8. The number of primary amides is 2. The van der Waals surface area contributed by atoms with Crippen LogP contribution in [0.25, 0.3) is 0 Å². The van der Waals surface area contributed by atoms with Crippen molar-refractivity contribution in [2.75, 3.05) is 26.2 Å². The monoisotopic (exact) mass is 871 g/mol. The summed E-state index contributed by atoms with van der Waals surface area (Å²) >= 11 is 0. The van der Waals surface area contributed by atoms with E-state index in [1.165, 1.54) is 38.9 Å². The smallest absolute Gasteiger partial charge is 0.248 e. The maximum atomic E-state index is 11.6. The van der Waals surface area contributed by atoms with Crippen LogP contribution in [0.2, 0.25) is 0 Å². The third-order valence-corrected chi connectivity index (χ3v) is 14.2. The Labute approximate surface area is 386 Å². The Morgan fingerprint density at radius 2 is 1.00 bits per heavy atom. The molecule has 0 aromatic heterocycles. The molecule has 0 aliphatic carbocycles. The highest BCUT2D eigenvalue weighted by Gasteiger charge is 2.39. The summed E-state index contributed by atoms with van der Waals surface area (Å²) in [5, 5.41) is 0. The van der Waals surface area contributed by atoms with Gasteiger partial charge >= 0.3 is 0 Å². The molecule has 2 aliphatic heterocycles. The van der Waals surface area contributed by atoms with Gasteiger partial charge in [-0.15, -0.1) is 0 Å². The molecule has 8 heteroatoms. The molecule has 4 N–H and O–H groups in total. The predicted octanol–water partition coefficient (Wildman–Crippen LogP) is 10.6. The van der Waals surface area contributed by atoms with Crippen LogP contribution in [0.3, 0.4) is 0 Å². The number of benzene rings is 6. The number of ether oxygens (including phenoxy) is 2. The lowest BCUT2D eigenvalue weighted by atomic mass is 9.68. The van der Waals surface area contributed by atoms with Gasteiger partial charge in [0.25, 0.3) is 0 Å². The van der Waals surface area contributed by atoms with Gasteiger partial charge in [-0.1, -0.05) is 136 Å². The number of piperidine rings is 2. The first-order chi connectivity index (χ1) is 31.3. The largest absolute Gasteiger partial charge is 0.489 e. The van der Waals surface area contributed by atoms with E-state index in [2.05, 4.69) is 135 Å². The number of rotatable bonds is 14. The van der Waals surface area contributed by atoms with Gasteiger partial charge in [-0.3, -0.25) is 19.4 Å². The number of carbonyl (C=O) groups excluding carboxylic acids is 2.